The number of ketones is 1. The molecular formula is C15H14FN3O3S. The van der Waals surface area contributed by atoms with E-state index in [0.717, 1.165) is 11.8 Å². The minimum absolute atomic E-state index is 0.00446. The van der Waals surface area contributed by atoms with E-state index in [2.05, 4.69) is 9.97 Å². The van der Waals surface area contributed by atoms with Crippen LogP contribution in [0.5, 0.6) is 0 Å². The molecule has 0 spiro atoms. The number of ether oxygens (including phenoxy) is 1. The average Bonchev–Trinajstić information content (AvgIpc) is 2.53. The Morgan fingerprint density at radius 1 is 1.30 bits per heavy atom. The van der Waals surface area contributed by atoms with Gasteiger partial charge in [-0.2, -0.15) is 0 Å². The van der Waals surface area contributed by atoms with E-state index in [-0.39, 0.29) is 34.7 Å². The van der Waals surface area contributed by atoms with Gasteiger partial charge in [-0.1, -0.05) is 11.8 Å². The monoisotopic (exact) mass is 335 g/mol. The van der Waals surface area contributed by atoms with E-state index in [9.17, 15) is 14.0 Å². The highest BCUT2D eigenvalue weighted by Gasteiger charge is 2.14. The molecule has 0 saturated heterocycles. The van der Waals surface area contributed by atoms with Gasteiger partial charge in [0.1, 0.15) is 17.2 Å². The van der Waals surface area contributed by atoms with Crippen molar-refractivity contribution in [3.8, 4) is 0 Å². The average molecular weight is 335 g/mol. The molecule has 1 aromatic heterocycles. The maximum atomic E-state index is 12.8. The van der Waals surface area contributed by atoms with Crippen molar-refractivity contribution in [2.24, 2.45) is 0 Å². The minimum atomic E-state index is -0.594. The summed E-state index contributed by atoms with van der Waals surface area (Å²) in [6.45, 7) is 1.90. The Hall–Kier alpha value is -2.48. The lowest BCUT2D eigenvalue weighted by Gasteiger charge is -2.06. The number of aromatic nitrogens is 2. The van der Waals surface area contributed by atoms with Gasteiger partial charge in [0.25, 0.3) is 0 Å². The predicted molar refractivity (Wildman–Crippen MR) is 83.9 cm³/mol. The fraction of sp³-hybridized carbons (Fsp3) is 0.200. The molecule has 120 valence electrons. The summed E-state index contributed by atoms with van der Waals surface area (Å²) in [6, 6.07) is 5.27. The molecule has 0 bridgehead atoms. The zero-order chi connectivity index (χ0) is 16.8. The first-order valence-electron chi connectivity index (χ1n) is 6.72. The summed E-state index contributed by atoms with van der Waals surface area (Å²) in [7, 11) is 0. The Morgan fingerprint density at radius 2 is 2.00 bits per heavy atom. The van der Waals surface area contributed by atoms with Gasteiger partial charge in [-0.05, 0) is 31.2 Å². The molecule has 1 aromatic carbocycles. The number of anilines is 1. The molecule has 0 saturated carbocycles. The van der Waals surface area contributed by atoms with Gasteiger partial charge in [-0.3, -0.25) is 4.79 Å². The van der Waals surface area contributed by atoms with Crippen LogP contribution in [-0.2, 0) is 4.74 Å². The lowest BCUT2D eigenvalue weighted by atomic mass is 10.1. The largest absolute Gasteiger partial charge is 0.462 e. The molecule has 0 atom stereocenters. The van der Waals surface area contributed by atoms with Crippen LogP contribution in [0.25, 0.3) is 0 Å². The van der Waals surface area contributed by atoms with E-state index < -0.39 is 11.8 Å². The van der Waals surface area contributed by atoms with Crippen LogP contribution in [0.2, 0.25) is 0 Å². The number of hydrogen-bond donors (Lipinski definition) is 1. The molecule has 0 aliphatic heterocycles. The van der Waals surface area contributed by atoms with Crippen molar-refractivity contribution in [2.45, 2.75) is 12.1 Å². The molecular weight excluding hydrogens is 321 g/mol. The number of hydrogen-bond acceptors (Lipinski definition) is 7. The highest BCUT2D eigenvalue weighted by atomic mass is 32.2. The van der Waals surface area contributed by atoms with Crippen LogP contribution in [0, 0.1) is 5.82 Å². The third-order valence-electron chi connectivity index (χ3n) is 2.79. The van der Waals surface area contributed by atoms with Crippen LogP contribution in [0.4, 0.5) is 10.2 Å². The number of carbonyl (C=O) groups excluding carboxylic acids is 2. The van der Waals surface area contributed by atoms with E-state index in [1.54, 1.807) is 6.92 Å². The third kappa shape index (κ3) is 4.49. The second kappa shape index (κ2) is 7.68. The molecule has 0 fully saturated rings. The molecule has 6 nitrogen and oxygen atoms in total. The molecule has 0 radical (unpaired) electrons. The Morgan fingerprint density at radius 3 is 2.61 bits per heavy atom. The number of esters is 1. The Kier molecular flexibility index (Phi) is 5.64. The van der Waals surface area contributed by atoms with Gasteiger partial charge < -0.3 is 10.5 Å². The minimum Gasteiger partial charge on any atom is -0.462 e. The van der Waals surface area contributed by atoms with Gasteiger partial charge in [0, 0.05) is 11.8 Å². The first kappa shape index (κ1) is 16.9. The van der Waals surface area contributed by atoms with Crippen molar-refractivity contribution >= 4 is 29.3 Å². The van der Waals surface area contributed by atoms with E-state index >= 15 is 0 Å². The Balaban J connectivity index is 2.01. The summed E-state index contributed by atoms with van der Waals surface area (Å²) in [5.41, 5.74) is 6.18. The van der Waals surface area contributed by atoms with Gasteiger partial charge in [0.05, 0.1) is 12.4 Å². The molecule has 0 aliphatic rings. The summed E-state index contributed by atoms with van der Waals surface area (Å²) >= 11 is 1.08. The fourth-order valence-corrected chi connectivity index (χ4v) is 2.38. The standard InChI is InChI=1S/C15H14FN3O3S/c1-2-22-14(21)11-7-18-15(19-13(11)17)23-8-12(20)9-3-5-10(16)6-4-9/h3-7H,2,8H2,1H3,(H2,17,18,19). The van der Waals surface area contributed by atoms with Crippen molar-refractivity contribution in [3.05, 3.63) is 47.4 Å². The van der Waals surface area contributed by atoms with Crippen LogP contribution in [0.1, 0.15) is 27.6 Å². The summed E-state index contributed by atoms with van der Waals surface area (Å²) in [6.07, 6.45) is 1.27. The van der Waals surface area contributed by atoms with Crippen molar-refractivity contribution < 1.29 is 18.7 Å². The molecule has 1 heterocycles. The topological polar surface area (TPSA) is 95.2 Å². The maximum absolute atomic E-state index is 12.8. The number of nitrogens with two attached hydrogens (primary N) is 1. The van der Waals surface area contributed by atoms with E-state index in [1.807, 2.05) is 0 Å². The van der Waals surface area contributed by atoms with Gasteiger partial charge in [0.15, 0.2) is 10.9 Å². The van der Waals surface area contributed by atoms with Gasteiger partial charge in [0.2, 0.25) is 0 Å². The van der Waals surface area contributed by atoms with Crippen molar-refractivity contribution in [2.75, 3.05) is 18.1 Å². The van der Waals surface area contributed by atoms with Crippen molar-refractivity contribution in [1.29, 1.82) is 0 Å². The van der Waals surface area contributed by atoms with E-state index in [4.69, 9.17) is 10.5 Å². The fourth-order valence-electron chi connectivity index (χ4n) is 1.66. The highest BCUT2D eigenvalue weighted by Crippen LogP contribution is 2.18. The van der Waals surface area contributed by atoms with Gasteiger partial charge in [-0.25, -0.2) is 19.2 Å². The van der Waals surface area contributed by atoms with Crippen LogP contribution < -0.4 is 5.73 Å². The number of carbonyl (C=O) groups is 2. The number of Topliss-reactive ketones (excluding diaryl/α,β-unsaturated/α-hetero) is 1. The Bertz CT molecular complexity index is 722. The number of nitrogen functional groups attached to an aromatic ring is 1. The molecule has 2 N–H and O–H groups in total. The molecule has 23 heavy (non-hydrogen) atoms. The maximum Gasteiger partial charge on any atom is 0.343 e. The number of nitrogens with zero attached hydrogens (tertiary/aromatic N) is 2. The number of halogens is 1. The van der Waals surface area contributed by atoms with Crippen molar-refractivity contribution in [1.82, 2.24) is 9.97 Å². The van der Waals surface area contributed by atoms with E-state index in [0.29, 0.717) is 5.56 Å². The summed E-state index contributed by atoms with van der Waals surface area (Å²) in [4.78, 5) is 31.5. The summed E-state index contributed by atoms with van der Waals surface area (Å²) in [5.74, 6) is -1.12. The zero-order valence-corrected chi connectivity index (χ0v) is 13.1. The van der Waals surface area contributed by atoms with Crippen LogP contribution in [-0.4, -0.2) is 34.1 Å². The molecule has 0 unspecified atom stereocenters. The lowest BCUT2D eigenvalue weighted by molar-refractivity contribution is 0.0526. The van der Waals surface area contributed by atoms with Crippen molar-refractivity contribution in [3.63, 3.8) is 0 Å². The molecule has 2 aromatic rings. The second-order valence-corrected chi connectivity index (χ2v) is 5.33. The van der Waals surface area contributed by atoms with Gasteiger partial charge >= 0.3 is 5.97 Å². The third-order valence-corrected chi connectivity index (χ3v) is 3.65. The number of benzene rings is 1. The molecule has 2 rings (SSSR count). The first-order chi connectivity index (χ1) is 11.0. The summed E-state index contributed by atoms with van der Waals surface area (Å²) < 4.78 is 17.6. The Labute approximate surface area is 136 Å². The number of rotatable bonds is 6. The predicted octanol–water partition coefficient (Wildman–Crippen LogP) is 2.35. The van der Waals surface area contributed by atoms with E-state index in [1.165, 1.54) is 30.5 Å². The SMILES string of the molecule is CCOC(=O)c1cnc(SCC(=O)c2ccc(F)cc2)nc1N. The second-order valence-electron chi connectivity index (χ2n) is 4.39. The molecule has 8 heteroatoms. The molecule has 0 aliphatic carbocycles. The zero-order valence-electron chi connectivity index (χ0n) is 12.3. The highest BCUT2D eigenvalue weighted by molar-refractivity contribution is 7.99. The first-order valence-corrected chi connectivity index (χ1v) is 7.71. The normalized spacial score (nSPS) is 10.3. The quantitative estimate of drug-likeness (QED) is 0.375. The van der Waals surface area contributed by atoms with Crippen LogP contribution in [0.15, 0.2) is 35.6 Å². The summed E-state index contributed by atoms with van der Waals surface area (Å²) in [5, 5.41) is 0.269. The molecule has 0 amide bonds. The van der Waals surface area contributed by atoms with Crippen LogP contribution in [0.3, 0.4) is 0 Å². The van der Waals surface area contributed by atoms with Crippen LogP contribution >= 0.6 is 11.8 Å². The lowest BCUT2D eigenvalue weighted by Crippen LogP contribution is -2.11. The smallest absolute Gasteiger partial charge is 0.343 e. The van der Waals surface area contributed by atoms with Gasteiger partial charge in [-0.15, -0.1) is 0 Å². The number of thioether (sulfide) groups is 1.